The molecule has 0 heterocycles. The maximum atomic E-state index is 5.41. The number of ether oxygens (including phenoxy) is 1. The fourth-order valence-corrected chi connectivity index (χ4v) is 2.75. The molecule has 20 heavy (non-hydrogen) atoms. The smallest absolute Gasteiger partial charge is 0.123 e. The average molecular weight is 334 g/mol. The molecule has 0 radical (unpaired) electrons. The van der Waals surface area contributed by atoms with Crippen LogP contribution in [0.3, 0.4) is 0 Å². The highest BCUT2D eigenvalue weighted by molar-refractivity contribution is 9.10. The van der Waals surface area contributed by atoms with Gasteiger partial charge in [-0.05, 0) is 42.7 Å². The first kappa shape index (κ1) is 14.9. The van der Waals surface area contributed by atoms with E-state index in [0.29, 0.717) is 0 Å². The zero-order valence-electron chi connectivity index (χ0n) is 12.2. The lowest BCUT2D eigenvalue weighted by molar-refractivity contribution is 0.410. The summed E-state index contributed by atoms with van der Waals surface area (Å²) in [4.78, 5) is 0. The van der Waals surface area contributed by atoms with Crippen LogP contribution in [0.4, 0.5) is 5.69 Å². The minimum atomic E-state index is 0.750. The van der Waals surface area contributed by atoms with Crippen LogP contribution in [0, 0.1) is 6.92 Å². The van der Waals surface area contributed by atoms with Crippen molar-refractivity contribution in [3.63, 3.8) is 0 Å². The van der Waals surface area contributed by atoms with E-state index in [4.69, 9.17) is 4.74 Å². The minimum absolute atomic E-state index is 0.750. The quantitative estimate of drug-likeness (QED) is 0.836. The third kappa shape index (κ3) is 3.34. The molecule has 3 heteroatoms. The Balaban J connectivity index is 2.23. The molecule has 0 saturated carbocycles. The molecular weight excluding hydrogens is 314 g/mol. The van der Waals surface area contributed by atoms with Crippen molar-refractivity contribution in [1.29, 1.82) is 0 Å². The van der Waals surface area contributed by atoms with Crippen LogP contribution in [-0.4, -0.2) is 7.11 Å². The van der Waals surface area contributed by atoms with Gasteiger partial charge in [-0.25, -0.2) is 0 Å². The Morgan fingerprint density at radius 1 is 1.15 bits per heavy atom. The number of aryl methyl sites for hydroxylation is 2. The molecule has 0 spiro atoms. The highest BCUT2D eigenvalue weighted by Crippen LogP contribution is 2.26. The fraction of sp³-hybridized carbons (Fsp3) is 0.294. The number of rotatable bonds is 5. The van der Waals surface area contributed by atoms with E-state index in [0.717, 1.165) is 28.8 Å². The standard InChI is InChI=1S/C17H20BrNO/c1-4-13-7-5-6-12(2)17(13)19-11-14-10-15(18)8-9-16(14)20-3/h5-10,19H,4,11H2,1-3H3. The number of methoxy groups -OCH3 is 1. The first-order valence-corrected chi connectivity index (χ1v) is 7.59. The average Bonchev–Trinajstić information content (AvgIpc) is 2.46. The summed E-state index contributed by atoms with van der Waals surface area (Å²) in [6.07, 6.45) is 1.03. The molecule has 0 aliphatic carbocycles. The third-order valence-electron chi connectivity index (χ3n) is 3.44. The predicted octanol–water partition coefficient (Wildman–Crippen LogP) is 4.94. The zero-order valence-corrected chi connectivity index (χ0v) is 13.8. The van der Waals surface area contributed by atoms with Gasteiger partial charge in [0.25, 0.3) is 0 Å². The van der Waals surface area contributed by atoms with Crippen molar-refractivity contribution in [3.05, 3.63) is 57.6 Å². The van der Waals surface area contributed by atoms with Crippen LogP contribution in [0.15, 0.2) is 40.9 Å². The Kier molecular flexibility index (Phi) is 5.07. The highest BCUT2D eigenvalue weighted by Gasteiger charge is 2.07. The maximum absolute atomic E-state index is 5.41. The molecule has 1 N–H and O–H groups in total. The van der Waals surface area contributed by atoms with E-state index in [1.165, 1.54) is 16.8 Å². The molecule has 2 rings (SSSR count). The lowest BCUT2D eigenvalue weighted by Crippen LogP contribution is -2.05. The van der Waals surface area contributed by atoms with Crippen molar-refractivity contribution in [2.24, 2.45) is 0 Å². The van der Waals surface area contributed by atoms with Gasteiger partial charge in [0.1, 0.15) is 5.75 Å². The zero-order chi connectivity index (χ0) is 14.5. The van der Waals surface area contributed by atoms with Crippen molar-refractivity contribution in [2.45, 2.75) is 26.8 Å². The molecule has 0 unspecified atom stereocenters. The van der Waals surface area contributed by atoms with Crippen LogP contribution < -0.4 is 10.1 Å². The molecule has 2 nitrogen and oxygen atoms in total. The number of anilines is 1. The second-order valence-electron chi connectivity index (χ2n) is 4.77. The number of nitrogens with one attached hydrogen (secondary N) is 1. The SMILES string of the molecule is CCc1cccc(C)c1NCc1cc(Br)ccc1OC. The van der Waals surface area contributed by atoms with Gasteiger partial charge in [-0.15, -0.1) is 0 Å². The van der Waals surface area contributed by atoms with E-state index >= 15 is 0 Å². The molecule has 2 aromatic rings. The van der Waals surface area contributed by atoms with Crippen LogP contribution in [0.5, 0.6) is 5.75 Å². The second kappa shape index (κ2) is 6.80. The van der Waals surface area contributed by atoms with Crippen LogP contribution in [0.2, 0.25) is 0 Å². The minimum Gasteiger partial charge on any atom is -0.496 e. The molecule has 0 aliphatic heterocycles. The van der Waals surface area contributed by atoms with Crippen LogP contribution in [0.25, 0.3) is 0 Å². The van der Waals surface area contributed by atoms with E-state index in [1.807, 2.05) is 12.1 Å². The number of para-hydroxylation sites is 1. The molecule has 0 aromatic heterocycles. The van der Waals surface area contributed by atoms with E-state index in [-0.39, 0.29) is 0 Å². The Labute approximate surface area is 129 Å². The van der Waals surface area contributed by atoms with Gasteiger partial charge in [0.15, 0.2) is 0 Å². The van der Waals surface area contributed by atoms with Crippen LogP contribution in [-0.2, 0) is 13.0 Å². The topological polar surface area (TPSA) is 21.3 Å². The van der Waals surface area contributed by atoms with Gasteiger partial charge in [0.05, 0.1) is 7.11 Å². The normalized spacial score (nSPS) is 10.4. The summed E-state index contributed by atoms with van der Waals surface area (Å²) in [5.74, 6) is 0.910. The van der Waals surface area contributed by atoms with E-state index in [1.54, 1.807) is 7.11 Å². The maximum Gasteiger partial charge on any atom is 0.123 e. The molecular formula is C17H20BrNO. The van der Waals surface area contributed by atoms with Gasteiger partial charge < -0.3 is 10.1 Å². The van der Waals surface area contributed by atoms with Crippen LogP contribution >= 0.6 is 15.9 Å². The molecule has 2 aromatic carbocycles. The van der Waals surface area contributed by atoms with Gasteiger partial charge in [0, 0.05) is 22.3 Å². The van der Waals surface area contributed by atoms with Crippen molar-refractivity contribution >= 4 is 21.6 Å². The molecule has 0 amide bonds. The van der Waals surface area contributed by atoms with Crippen molar-refractivity contribution in [3.8, 4) is 5.75 Å². The highest BCUT2D eigenvalue weighted by atomic mass is 79.9. The lowest BCUT2D eigenvalue weighted by atomic mass is 10.1. The second-order valence-corrected chi connectivity index (χ2v) is 5.69. The lowest BCUT2D eigenvalue weighted by Gasteiger charge is -2.15. The van der Waals surface area contributed by atoms with Gasteiger partial charge in [0.2, 0.25) is 0 Å². The summed E-state index contributed by atoms with van der Waals surface area (Å²) in [6.45, 7) is 5.07. The predicted molar refractivity (Wildman–Crippen MR) is 88.6 cm³/mol. The monoisotopic (exact) mass is 333 g/mol. The van der Waals surface area contributed by atoms with Gasteiger partial charge in [-0.3, -0.25) is 0 Å². The summed E-state index contributed by atoms with van der Waals surface area (Å²) in [7, 11) is 1.71. The number of hydrogen-bond acceptors (Lipinski definition) is 2. The fourth-order valence-electron chi connectivity index (χ4n) is 2.35. The molecule has 0 fully saturated rings. The Hall–Kier alpha value is -1.48. The van der Waals surface area contributed by atoms with Gasteiger partial charge >= 0.3 is 0 Å². The molecule has 106 valence electrons. The van der Waals surface area contributed by atoms with Gasteiger partial charge in [-0.1, -0.05) is 41.1 Å². The summed E-state index contributed by atoms with van der Waals surface area (Å²) in [5, 5.41) is 3.55. The van der Waals surface area contributed by atoms with Crippen molar-refractivity contribution in [2.75, 3.05) is 12.4 Å². The Morgan fingerprint density at radius 3 is 2.65 bits per heavy atom. The summed E-state index contributed by atoms with van der Waals surface area (Å²) in [5.41, 5.74) is 5.00. The van der Waals surface area contributed by atoms with E-state index in [9.17, 15) is 0 Å². The van der Waals surface area contributed by atoms with Crippen LogP contribution in [0.1, 0.15) is 23.6 Å². The van der Waals surface area contributed by atoms with E-state index < -0.39 is 0 Å². The van der Waals surface area contributed by atoms with E-state index in [2.05, 4.69) is 59.4 Å². The molecule has 0 aliphatic rings. The first-order valence-electron chi connectivity index (χ1n) is 6.80. The van der Waals surface area contributed by atoms with Crippen molar-refractivity contribution < 1.29 is 4.74 Å². The first-order chi connectivity index (χ1) is 9.65. The summed E-state index contributed by atoms with van der Waals surface area (Å²) in [6, 6.07) is 12.5. The molecule has 0 saturated heterocycles. The summed E-state index contributed by atoms with van der Waals surface area (Å²) >= 11 is 3.51. The summed E-state index contributed by atoms with van der Waals surface area (Å²) < 4.78 is 6.48. The van der Waals surface area contributed by atoms with Crippen molar-refractivity contribution in [1.82, 2.24) is 0 Å². The Bertz CT molecular complexity index is 596. The van der Waals surface area contributed by atoms with Gasteiger partial charge in [-0.2, -0.15) is 0 Å². The number of benzene rings is 2. The Morgan fingerprint density at radius 2 is 1.95 bits per heavy atom. The molecule has 0 atom stereocenters. The number of hydrogen-bond donors (Lipinski definition) is 1. The largest absolute Gasteiger partial charge is 0.496 e. The molecule has 0 bridgehead atoms. The number of halogens is 1. The third-order valence-corrected chi connectivity index (χ3v) is 3.93.